The highest BCUT2D eigenvalue weighted by atomic mass is 28.4. The van der Waals surface area contributed by atoms with E-state index in [2.05, 4.69) is 114 Å². The lowest BCUT2D eigenvalue weighted by Gasteiger charge is -2.53. The second-order valence-electron chi connectivity index (χ2n) is 15.7. The minimum Gasteiger partial charge on any atom is -0.399 e. The van der Waals surface area contributed by atoms with Gasteiger partial charge in [0.1, 0.15) is 30.5 Å². The predicted octanol–water partition coefficient (Wildman–Crippen LogP) is 6.37. The summed E-state index contributed by atoms with van der Waals surface area (Å²) in [6.45, 7) is 13.0. The first kappa shape index (κ1) is 37.1. The Labute approximate surface area is 306 Å². The van der Waals surface area contributed by atoms with Crippen molar-refractivity contribution in [1.82, 2.24) is 0 Å². The fourth-order valence-electron chi connectivity index (χ4n) is 8.05. The van der Waals surface area contributed by atoms with Gasteiger partial charge >= 0.3 is 0 Å². The van der Waals surface area contributed by atoms with Crippen molar-refractivity contribution >= 4 is 37.4 Å². The zero-order valence-electron chi connectivity index (χ0n) is 30.6. The number of hydrogen-bond acceptors (Lipinski definition) is 5. The molecule has 5 nitrogen and oxygen atoms in total. The summed E-state index contributed by atoms with van der Waals surface area (Å²) in [6, 6.07) is 51.7. The van der Waals surface area contributed by atoms with Crippen LogP contribution in [-0.4, -0.2) is 57.9 Å². The van der Waals surface area contributed by atoms with E-state index in [1.54, 1.807) is 0 Å². The highest BCUT2D eigenvalue weighted by molar-refractivity contribution is 7.00. The summed E-state index contributed by atoms with van der Waals surface area (Å²) in [4.78, 5) is 0. The number of rotatable bonds is 10. The lowest BCUT2D eigenvalue weighted by Crippen LogP contribution is -2.73. The van der Waals surface area contributed by atoms with Crippen LogP contribution in [0.1, 0.15) is 53.2 Å². The maximum Gasteiger partial charge on any atom is 0.261 e. The van der Waals surface area contributed by atoms with E-state index in [4.69, 9.17) is 13.6 Å². The highest BCUT2D eigenvalue weighted by Gasteiger charge is 2.59. The van der Waals surface area contributed by atoms with Crippen LogP contribution in [0.5, 0.6) is 0 Å². The van der Waals surface area contributed by atoms with Gasteiger partial charge in [0.05, 0.1) is 6.61 Å². The van der Waals surface area contributed by atoms with Gasteiger partial charge in [-0.3, -0.25) is 0 Å². The van der Waals surface area contributed by atoms with Gasteiger partial charge in [-0.2, -0.15) is 0 Å². The molecule has 266 valence electrons. The van der Waals surface area contributed by atoms with Crippen LogP contribution >= 0.6 is 0 Å². The van der Waals surface area contributed by atoms with Gasteiger partial charge in [-0.1, -0.05) is 193 Å². The van der Waals surface area contributed by atoms with Gasteiger partial charge in [0, 0.05) is 0 Å². The first-order valence-electron chi connectivity index (χ1n) is 18.0. The van der Waals surface area contributed by atoms with Gasteiger partial charge in [-0.05, 0) is 36.4 Å². The molecule has 5 aromatic carbocycles. The molecular formula is C44H52O5Si2. The molecule has 6 rings (SSSR count). The number of aliphatic hydroxyl groups excluding tert-OH is 2. The minimum absolute atomic E-state index is 0.324. The summed E-state index contributed by atoms with van der Waals surface area (Å²) < 4.78 is 22.3. The van der Waals surface area contributed by atoms with Crippen LogP contribution in [0.15, 0.2) is 152 Å². The third kappa shape index (κ3) is 6.97. The van der Waals surface area contributed by atoms with Gasteiger partial charge in [0.2, 0.25) is 0 Å². The van der Waals surface area contributed by atoms with E-state index in [0.29, 0.717) is 0 Å². The molecule has 0 aromatic heterocycles. The van der Waals surface area contributed by atoms with Crippen LogP contribution < -0.4 is 20.7 Å². The number of ether oxygens (including phenoxy) is 1. The third-order valence-corrected chi connectivity index (χ3v) is 20.5. The average Bonchev–Trinajstić information content (AvgIpc) is 3.14. The Hall–Kier alpha value is -3.67. The van der Waals surface area contributed by atoms with Crippen LogP contribution in [0.4, 0.5) is 0 Å². The summed E-state index contributed by atoms with van der Waals surface area (Å²) in [5, 5.41) is 27.7. The summed E-state index contributed by atoms with van der Waals surface area (Å²) >= 11 is 0. The lowest BCUT2D eigenvalue weighted by atomic mass is 9.91. The average molecular weight is 717 g/mol. The summed E-state index contributed by atoms with van der Waals surface area (Å²) in [5.41, 5.74) is 0.877. The molecule has 1 fully saturated rings. The molecule has 7 heteroatoms. The Morgan fingerprint density at radius 2 is 0.824 bits per heavy atom. The van der Waals surface area contributed by atoms with E-state index < -0.39 is 47.2 Å². The molecule has 1 aliphatic rings. The van der Waals surface area contributed by atoms with Crippen molar-refractivity contribution in [3.8, 4) is 0 Å². The lowest BCUT2D eigenvalue weighted by molar-refractivity contribution is -0.222. The molecule has 5 aromatic rings. The Kier molecular flexibility index (Phi) is 11.0. The quantitative estimate of drug-likeness (QED) is 0.165. The van der Waals surface area contributed by atoms with Crippen molar-refractivity contribution in [2.45, 2.75) is 82.1 Å². The van der Waals surface area contributed by atoms with Crippen LogP contribution in [0.3, 0.4) is 0 Å². The number of aliphatic hydroxyl groups is 2. The SMILES string of the molecule is CC(C)(C)[Si](O[C@@H]1[C@@H](O)[C@H](O[Si](c2ccccc2)(c2ccccc2)C(C)(C)C)[C@@H](CO)O[C@H]1c1ccccc1)(c1ccccc1)c1ccccc1. The first-order chi connectivity index (χ1) is 24.4. The monoisotopic (exact) mass is 716 g/mol. The molecule has 0 spiro atoms. The summed E-state index contributed by atoms with van der Waals surface area (Å²) in [7, 11) is -6.37. The standard InChI is InChI=1S/C44H52O5Si2/c1-43(2,3)50(34-24-14-8-15-25-34,35-26-16-9-17-27-35)48-41-38(32-45)47-40(33-22-12-7-13-23-33)42(39(41)46)49-51(44(4,5)6,36-28-18-10-19-29-36)37-30-20-11-21-31-37/h7-31,38-42,45-46H,32H2,1-6H3/t38-,39+,40+,41-,42-/m1/s1. The molecule has 5 atom stereocenters. The predicted molar refractivity (Wildman–Crippen MR) is 212 cm³/mol. The maximum atomic E-state index is 13.0. The van der Waals surface area contributed by atoms with Crippen molar-refractivity contribution in [3.63, 3.8) is 0 Å². The molecule has 51 heavy (non-hydrogen) atoms. The molecule has 0 amide bonds. The molecule has 1 heterocycles. The fourth-order valence-corrected chi connectivity index (χ4v) is 17.5. The molecule has 1 aliphatic heterocycles. The van der Waals surface area contributed by atoms with Crippen LogP contribution in [-0.2, 0) is 13.6 Å². The van der Waals surface area contributed by atoms with Crippen molar-refractivity contribution in [1.29, 1.82) is 0 Å². The summed E-state index contributed by atoms with van der Waals surface area (Å²) in [6.07, 6.45) is -4.36. The van der Waals surface area contributed by atoms with Crippen molar-refractivity contribution < 1.29 is 23.8 Å². The van der Waals surface area contributed by atoms with Crippen molar-refractivity contribution in [3.05, 3.63) is 157 Å². The molecule has 0 radical (unpaired) electrons. The van der Waals surface area contributed by atoms with Gasteiger partial charge in [0.25, 0.3) is 16.6 Å². The van der Waals surface area contributed by atoms with Gasteiger partial charge in [-0.15, -0.1) is 0 Å². The minimum atomic E-state index is -3.19. The Morgan fingerprint density at radius 3 is 1.14 bits per heavy atom. The van der Waals surface area contributed by atoms with Crippen LogP contribution in [0.2, 0.25) is 10.1 Å². The molecule has 0 saturated carbocycles. The van der Waals surface area contributed by atoms with Crippen LogP contribution in [0, 0.1) is 0 Å². The molecule has 2 N–H and O–H groups in total. The van der Waals surface area contributed by atoms with E-state index in [0.717, 1.165) is 26.3 Å². The van der Waals surface area contributed by atoms with E-state index in [1.165, 1.54) is 0 Å². The van der Waals surface area contributed by atoms with E-state index in [9.17, 15) is 10.2 Å². The molecule has 1 saturated heterocycles. The topological polar surface area (TPSA) is 68.2 Å². The third-order valence-electron chi connectivity index (χ3n) is 10.4. The smallest absolute Gasteiger partial charge is 0.261 e. The molecule has 0 unspecified atom stereocenters. The number of hydrogen-bond donors (Lipinski definition) is 2. The largest absolute Gasteiger partial charge is 0.399 e. The maximum absolute atomic E-state index is 13.0. The second-order valence-corrected chi connectivity index (χ2v) is 24.2. The zero-order chi connectivity index (χ0) is 36.3. The second kappa shape index (κ2) is 15.1. The highest BCUT2D eigenvalue weighted by Crippen LogP contribution is 2.45. The van der Waals surface area contributed by atoms with E-state index in [-0.39, 0.29) is 16.7 Å². The van der Waals surface area contributed by atoms with Crippen molar-refractivity contribution in [2.24, 2.45) is 0 Å². The van der Waals surface area contributed by atoms with Gasteiger partial charge in [0.15, 0.2) is 0 Å². The van der Waals surface area contributed by atoms with Gasteiger partial charge < -0.3 is 23.8 Å². The Morgan fingerprint density at radius 1 is 0.510 bits per heavy atom. The fraction of sp³-hybridized carbons (Fsp3) is 0.318. The van der Waals surface area contributed by atoms with Gasteiger partial charge in [-0.25, -0.2) is 0 Å². The van der Waals surface area contributed by atoms with E-state index >= 15 is 0 Å². The zero-order valence-corrected chi connectivity index (χ0v) is 32.6. The van der Waals surface area contributed by atoms with Crippen LogP contribution in [0.25, 0.3) is 0 Å². The molecular weight excluding hydrogens is 665 g/mol. The van der Waals surface area contributed by atoms with Crippen molar-refractivity contribution in [2.75, 3.05) is 6.61 Å². The summed E-state index contributed by atoms with van der Waals surface area (Å²) in [5.74, 6) is 0. The Bertz CT molecular complexity index is 1730. The van der Waals surface area contributed by atoms with E-state index in [1.807, 2.05) is 78.9 Å². The molecule has 0 aliphatic carbocycles. The molecule has 0 bridgehead atoms. The Balaban J connectivity index is 1.56. The normalized spacial score (nSPS) is 21.7. The first-order valence-corrected chi connectivity index (χ1v) is 21.8. The number of benzene rings is 5.